The summed E-state index contributed by atoms with van der Waals surface area (Å²) in [6, 6.07) is 20.5. The van der Waals surface area contributed by atoms with Crippen molar-refractivity contribution in [2.24, 2.45) is 17.6 Å². The van der Waals surface area contributed by atoms with E-state index in [1.165, 1.54) is 17.7 Å². The van der Waals surface area contributed by atoms with Crippen LogP contribution >= 0.6 is 0 Å². The van der Waals surface area contributed by atoms with Gasteiger partial charge < -0.3 is 62.3 Å². The number of benzene rings is 3. The first-order chi connectivity index (χ1) is 39.5. The van der Waals surface area contributed by atoms with Gasteiger partial charge in [0.2, 0.25) is 35.4 Å². The van der Waals surface area contributed by atoms with Crippen molar-refractivity contribution in [2.75, 3.05) is 39.3 Å². The number of hydrogen-bond acceptors (Lipinski definition) is 12. The largest absolute Gasteiger partial charge is 0.493 e. The van der Waals surface area contributed by atoms with E-state index in [-0.39, 0.29) is 70.5 Å². The first-order valence-corrected chi connectivity index (χ1v) is 28.8. The van der Waals surface area contributed by atoms with Crippen molar-refractivity contribution < 1.29 is 43.0 Å². The molecule has 0 unspecified atom stereocenters. The number of nitrogens with two attached hydrogens (primary N) is 1. The fraction of sp³-hybridized carbons (Fsp3) is 0.475. The number of carbonyl (C=O) groups is 7. The number of fused-ring (bicyclic) bond motifs is 2. The number of aromatic amines is 1. The number of H-pyrrole nitrogens is 1. The Bertz CT molecular complexity index is 2910. The number of nitrogens with zero attached hydrogens (tertiary/aromatic N) is 2. The van der Waals surface area contributed by atoms with E-state index in [0.29, 0.717) is 43.3 Å². The number of hydrogen-bond donors (Lipinski definition) is 9. The molecule has 5 aromatic rings. The molecule has 4 aliphatic rings. The third-order valence-corrected chi connectivity index (χ3v) is 16.1. The predicted octanol–water partition coefficient (Wildman–Crippen LogP) is 3.66. The minimum absolute atomic E-state index is 0.00456. The van der Waals surface area contributed by atoms with Gasteiger partial charge in [0.15, 0.2) is 0 Å². The number of para-hydroxylation sites is 1. The number of alkyl carbamates (subject to hydrolysis) is 1. The van der Waals surface area contributed by atoms with Gasteiger partial charge in [0, 0.05) is 61.8 Å². The van der Waals surface area contributed by atoms with Crippen LogP contribution in [0.3, 0.4) is 0 Å². The van der Waals surface area contributed by atoms with E-state index in [1.54, 1.807) is 24.7 Å². The second-order valence-electron chi connectivity index (χ2n) is 22.0. The van der Waals surface area contributed by atoms with Crippen LogP contribution in [-0.4, -0.2) is 138 Å². The van der Waals surface area contributed by atoms with Crippen molar-refractivity contribution >= 4 is 52.4 Å². The van der Waals surface area contributed by atoms with Gasteiger partial charge in [-0.15, -0.1) is 0 Å². The maximum atomic E-state index is 15.4. The molecular weight excluding hydrogens is 1030 g/mol. The highest BCUT2D eigenvalue weighted by atomic mass is 16.6. The molecule has 3 saturated heterocycles. The van der Waals surface area contributed by atoms with Crippen molar-refractivity contribution in [1.29, 1.82) is 0 Å². The average Bonchev–Trinajstić information content (AvgIpc) is 4.47. The molecule has 3 aliphatic heterocycles. The summed E-state index contributed by atoms with van der Waals surface area (Å²) in [4.78, 5) is 113. The number of rotatable bonds is 18. The molecule has 0 bridgehead atoms. The molecular formula is C61H77N11O9. The summed E-state index contributed by atoms with van der Waals surface area (Å²) in [5, 5.41) is 21.8. The highest BCUT2D eigenvalue weighted by Crippen LogP contribution is 2.28. The second-order valence-corrected chi connectivity index (χ2v) is 22.0. The summed E-state index contributed by atoms with van der Waals surface area (Å²) in [6.07, 6.45) is 10.2. The van der Waals surface area contributed by atoms with Crippen LogP contribution in [0.25, 0.3) is 10.9 Å². The van der Waals surface area contributed by atoms with Gasteiger partial charge in [-0.25, -0.2) is 4.79 Å². The average molecular weight is 1110 g/mol. The van der Waals surface area contributed by atoms with E-state index in [4.69, 9.17) is 15.2 Å². The smallest absolute Gasteiger partial charge is 0.407 e. The summed E-state index contributed by atoms with van der Waals surface area (Å²) in [6.45, 7) is 2.07. The molecule has 1 saturated carbocycles. The van der Waals surface area contributed by atoms with E-state index >= 15 is 28.8 Å². The molecule has 20 nitrogen and oxygen atoms in total. The van der Waals surface area contributed by atoms with Crippen molar-refractivity contribution in [2.45, 2.75) is 132 Å². The molecule has 7 amide bonds. The predicted molar refractivity (Wildman–Crippen MR) is 304 cm³/mol. The van der Waals surface area contributed by atoms with Crippen molar-refractivity contribution in [1.82, 2.24) is 52.1 Å². The van der Waals surface area contributed by atoms with Gasteiger partial charge in [0.1, 0.15) is 48.1 Å². The molecule has 7 atom stereocenters. The number of carbonyl (C=O) groups excluding carboxylic acids is 7. The van der Waals surface area contributed by atoms with Crippen LogP contribution < -0.4 is 47.7 Å². The zero-order valence-electron chi connectivity index (χ0n) is 45.9. The van der Waals surface area contributed by atoms with E-state index < -0.39 is 83.9 Å². The number of pyridine rings is 1. The van der Waals surface area contributed by atoms with Gasteiger partial charge in [-0.1, -0.05) is 79.6 Å². The number of ether oxygens (including phenoxy) is 2. The summed E-state index contributed by atoms with van der Waals surface area (Å²) in [7, 11) is 0. The number of nitrogens with one attached hydrogen (secondary N) is 8. The number of amides is 7. The van der Waals surface area contributed by atoms with E-state index in [2.05, 4.69) is 47.2 Å². The molecule has 5 heterocycles. The molecule has 1 aliphatic carbocycles. The van der Waals surface area contributed by atoms with Crippen LogP contribution in [-0.2, 0) is 59.2 Å². The number of aromatic nitrogens is 2. The zero-order valence-corrected chi connectivity index (χ0v) is 45.9. The molecule has 81 heavy (non-hydrogen) atoms. The maximum Gasteiger partial charge on any atom is 0.407 e. The summed E-state index contributed by atoms with van der Waals surface area (Å²) >= 11 is 0. The Balaban J connectivity index is 1.10. The lowest BCUT2D eigenvalue weighted by atomic mass is 9.90. The molecule has 0 radical (unpaired) electrons. The van der Waals surface area contributed by atoms with Gasteiger partial charge in [0.25, 0.3) is 0 Å². The van der Waals surface area contributed by atoms with Crippen molar-refractivity contribution in [3.05, 3.63) is 132 Å². The van der Waals surface area contributed by atoms with Crippen LogP contribution in [0.4, 0.5) is 4.79 Å². The number of piperidine rings is 1. The Kier molecular flexibility index (Phi) is 20.4. The van der Waals surface area contributed by atoms with Crippen LogP contribution in [0.15, 0.2) is 110 Å². The highest BCUT2D eigenvalue weighted by molar-refractivity contribution is 5.99. The van der Waals surface area contributed by atoms with Gasteiger partial charge in [-0.2, -0.15) is 0 Å². The minimum Gasteiger partial charge on any atom is -0.493 e. The molecule has 3 aromatic carbocycles. The van der Waals surface area contributed by atoms with Gasteiger partial charge in [0.05, 0.1) is 13.2 Å². The molecule has 2 aromatic heterocycles. The lowest BCUT2D eigenvalue weighted by Gasteiger charge is -2.32. The van der Waals surface area contributed by atoms with Crippen LogP contribution in [0.5, 0.6) is 5.75 Å². The normalized spacial score (nSPS) is 23.8. The van der Waals surface area contributed by atoms with Gasteiger partial charge >= 0.3 is 6.09 Å². The Morgan fingerprint density at radius 2 is 1.30 bits per heavy atom. The standard InChI is InChI=1S/C61H77N11O9/c62-26-30-65-61(79)81-46-34-54-59(77)67-49(22-18-39-9-2-1-3-10-39)55(73)71-53(33-44-36-66-48-15-7-6-14-47(44)48)58(76)70-52(32-41-24-28-63-29-25-41)57(75)69-51(31-40-16-20-45(21-17-40)80-38-43-11-4-5-12-43)56(74)68-50(60(78)72(54)37-46)23-19-42-13-8-27-64-35-42/h1-3,6-10,13-17,20-21,27,35-36,41,43,46,49-54,63,66H,4-5,11-12,18-19,22-26,28-34,37-38,62H2,(H,65,79)(H,67,77)(H,68,74)(H,69,75)(H,70,76)(H,71,73)/t46-,49+,50+,51+,52+,53-,54+/m1/s1. The Labute approximate surface area is 472 Å². The van der Waals surface area contributed by atoms with Crippen LogP contribution in [0.2, 0.25) is 0 Å². The van der Waals surface area contributed by atoms with Gasteiger partial charge in [-0.3, -0.25) is 33.8 Å². The quantitative estimate of drug-likeness (QED) is 0.0608. The third kappa shape index (κ3) is 16.2. The first kappa shape index (κ1) is 57.8. The fourth-order valence-electron chi connectivity index (χ4n) is 11.6. The van der Waals surface area contributed by atoms with Crippen LogP contribution in [0, 0.1) is 11.8 Å². The summed E-state index contributed by atoms with van der Waals surface area (Å²) in [5.41, 5.74) is 9.56. The van der Waals surface area contributed by atoms with E-state index in [9.17, 15) is 4.79 Å². The molecule has 10 N–H and O–H groups in total. The number of aryl methyl sites for hydroxylation is 2. The molecule has 4 fully saturated rings. The van der Waals surface area contributed by atoms with Gasteiger partial charge in [-0.05, 0) is 129 Å². The summed E-state index contributed by atoms with van der Waals surface area (Å²) < 4.78 is 12.0. The lowest BCUT2D eigenvalue weighted by Crippen LogP contribution is -2.62. The summed E-state index contributed by atoms with van der Waals surface area (Å²) in [5.74, 6) is -2.75. The molecule has 9 rings (SSSR count). The fourth-order valence-corrected chi connectivity index (χ4v) is 11.6. The van der Waals surface area contributed by atoms with E-state index in [0.717, 1.165) is 53.3 Å². The molecule has 430 valence electrons. The Morgan fingerprint density at radius 3 is 2.04 bits per heavy atom. The second kappa shape index (κ2) is 28.5. The lowest BCUT2D eigenvalue weighted by molar-refractivity contribution is -0.143. The molecule has 20 heteroatoms. The van der Waals surface area contributed by atoms with E-state index in [1.807, 2.05) is 84.9 Å². The Morgan fingerprint density at radius 1 is 0.654 bits per heavy atom. The maximum absolute atomic E-state index is 15.4. The Hall–Kier alpha value is -7.84. The zero-order chi connectivity index (χ0) is 56.5. The van der Waals surface area contributed by atoms with Crippen molar-refractivity contribution in [3.8, 4) is 5.75 Å². The van der Waals surface area contributed by atoms with Crippen LogP contribution in [0.1, 0.15) is 86.5 Å². The highest BCUT2D eigenvalue weighted by Gasteiger charge is 2.45. The monoisotopic (exact) mass is 1110 g/mol. The topological polar surface area (TPSA) is 280 Å². The first-order valence-electron chi connectivity index (χ1n) is 28.8. The van der Waals surface area contributed by atoms with Crippen molar-refractivity contribution in [3.63, 3.8) is 0 Å². The minimum atomic E-state index is -1.29. The third-order valence-electron chi connectivity index (χ3n) is 16.1. The SMILES string of the molecule is NCCNC(=O)O[C@@H]1C[C@H]2C(=O)N[C@@H](CCc3ccccc3)C(=O)N[C@H](Cc3c[nH]c4ccccc34)C(=O)N[C@@H](CC3CCNCC3)C(=O)N[C@@H](Cc3ccc(OCC4CCCC4)cc3)C(=O)N[C@@H](CCc3cccnc3)C(=O)N2C1. The molecule has 0 spiro atoms.